The van der Waals surface area contributed by atoms with Crippen molar-refractivity contribution in [2.24, 2.45) is 5.92 Å². The fourth-order valence-corrected chi connectivity index (χ4v) is 6.84. The Bertz CT molecular complexity index is 1800. The number of anilines is 2. The number of aromatic nitrogens is 1. The van der Waals surface area contributed by atoms with E-state index in [9.17, 15) is 19.2 Å². The molecule has 8 heteroatoms. The molecule has 3 aliphatic heterocycles. The van der Waals surface area contributed by atoms with E-state index in [0.717, 1.165) is 11.3 Å². The van der Waals surface area contributed by atoms with Crippen LogP contribution in [0.15, 0.2) is 103 Å². The molecule has 1 fully saturated rings. The number of ketones is 2. The van der Waals surface area contributed by atoms with E-state index >= 15 is 0 Å². The molecule has 1 N–H and O–H groups in total. The van der Waals surface area contributed by atoms with Gasteiger partial charge in [0.15, 0.2) is 11.6 Å². The van der Waals surface area contributed by atoms with E-state index in [1.165, 1.54) is 19.3 Å². The van der Waals surface area contributed by atoms with E-state index in [2.05, 4.69) is 10.3 Å². The molecular formula is C34H25N3O5. The zero-order valence-electron chi connectivity index (χ0n) is 22.6. The van der Waals surface area contributed by atoms with Crippen LogP contribution in [0.5, 0.6) is 5.75 Å². The van der Waals surface area contributed by atoms with Crippen LogP contribution in [0, 0.1) is 5.92 Å². The van der Waals surface area contributed by atoms with Crippen molar-refractivity contribution in [2.75, 3.05) is 10.2 Å². The summed E-state index contributed by atoms with van der Waals surface area (Å²) < 4.78 is 5.17. The number of nitrogens with zero attached hydrogens (tertiary/aromatic N) is 2. The normalized spacial score (nSPS) is 23.1. The number of carbonyl (C=O) groups is 4. The summed E-state index contributed by atoms with van der Waals surface area (Å²) in [6.45, 7) is 1.30. The number of benzene rings is 3. The van der Waals surface area contributed by atoms with Gasteiger partial charge < -0.3 is 15.0 Å². The molecule has 3 aromatic carbocycles. The fraction of sp³-hybridized carbons (Fsp3) is 0.147. The summed E-state index contributed by atoms with van der Waals surface area (Å²) >= 11 is 0. The smallest absolute Gasteiger partial charge is 0.308 e. The standard InChI is InChI=1S/C34H25N3O5/c1-20(38)42-24-13-10-22(11-14-24)32(40)30-29(31(39)23-16-18-35-19-17-23)34(25-7-3-4-8-26(25)36-33(34)41)28-15-12-21-6-2-5-9-27(21)37(28)30/h2-19,28-30H,1H3,(H,36,41)/t28-,29-,30+,34+/m1/s1. The lowest BCUT2D eigenvalue weighted by Gasteiger charge is -2.37. The van der Waals surface area contributed by atoms with Crippen molar-refractivity contribution in [2.45, 2.75) is 24.4 Å². The van der Waals surface area contributed by atoms with Crippen LogP contribution in [0.25, 0.3) is 6.08 Å². The van der Waals surface area contributed by atoms with Crippen LogP contribution in [-0.2, 0) is 15.0 Å². The second kappa shape index (κ2) is 9.62. The molecule has 4 atom stereocenters. The third-order valence-electron chi connectivity index (χ3n) is 8.46. The van der Waals surface area contributed by atoms with Gasteiger partial charge in [0.1, 0.15) is 17.2 Å². The zero-order valence-corrected chi connectivity index (χ0v) is 22.6. The highest BCUT2D eigenvalue weighted by Gasteiger charge is 2.70. The number of pyridine rings is 1. The van der Waals surface area contributed by atoms with Gasteiger partial charge in [0.05, 0.1) is 12.0 Å². The summed E-state index contributed by atoms with van der Waals surface area (Å²) in [6.07, 6.45) is 6.96. The van der Waals surface area contributed by atoms with Crippen molar-refractivity contribution in [1.82, 2.24) is 4.98 Å². The Morgan fingerprint density at radius 2 is 1.55 bits per heavy atom. The summed E-state index contributed by atoms with van der Waals surface area (Å²) in [5.74, 6) is -2.21. The number of nitrogens with one attached hydrogen (secondary N) is 1. The number of rotatable bonds is 5. The largest absolute Gasteiger partial charge is 0.427 e. The number of ether oxygens (including phenoxy) is 1. The van der Waals surface area contributed by atoms with Gasteiger partial charge in [-0.05, 0) is 59.7 Å². The average Bonchev–Trinajstić information content (AvgIpc) is 3.49. The predicted molar refractivity (Wildman–Crippen MR) is 156 cm³/mol. The Hall–Kier alpha value is -5.37. The molecule has 0 unspecified atom stereocenters. The van der Waals surface area contributed by atoms with Crippen molar-refractivity contribution in [3.8, 4) is 5.75 Å². The monoisotopic (exact) mass is 555 g/mol. The number of Topliss-reactive ketones (excluding diaryl/α,β-unsaturated/α-hetero) is 2. The van der Waals surface area contributed by atoms with E-state index in [0.29, 0.717) is 28.1 Å². The van der Waals surface area contributed by atoms with Crippen LogP contribution < -0.4 is 15.0 Å². The molecule has 0 saturated carbocycles. The first-order valence-corrected chi connectivity index (χ1v) is 13.6. The minimum Gasteiger partial charge on any atom is -0.427 e. The molecule has 8 nitrogen and oxygen atoms in total. The van der Waals surface area contributed by atoms with E-state index in [-0.39, 0.29) is 17.5 Å². The Kier molecular flexibility index (Phi) is 5.86. The topological polar surface area (TPSA) is 106 Å². The number of esters is 1. The molecule has 3 aliphatic rings. The van der Waals surface area contributed by atoms with E-state index in [1.54, 1.807) is 36.4 Å². The van der Waals surface area contributed by atoms with Crippen LogP contribution in [-0.4, -0.2) is 40.5 Å². The number of fused-ring (bicyclic) bond motifs is 6. The van der Waals surface area contributed by atoms with E-state index < -0.39 is 29.4 Å². The van der Waals surface area contributed by atoms with Crippen LogP contribution in [0.4, 0.5) is 11.4 Å². The highest BCUT2D eigenvalue weighted by atomic mass is 16.5. The molecule has 0 bridgehead atoms. The van der Waals surface area contributed by atoms with E-state index in [4.69, 9.17) is 4.74 Å². The second-order valence-corrected chi connectivity index (χ2v) is 10.6. The van der Waals surface area contributed by atoms with Gasteiger partial charge >= 0.3 is 5.97 Å². The van der Waals surface area contributed by atoms with Crippen molar-refractivity contribution in [1.29, 1.82) is 0 Å². The maximum absolute atomic E-state index is 14.7. The Balaban J connectivity index is 1.48. The first-order chi connectivity index (χ1) is 20.4. The first-order valence-electron chi connectivity index (χ1n) is 13.6. The maximum atomic E-state index is 14.7. The van der Waals surface area contributed by atoms with Gasteiger partial charge in [0.2, 0.25) is 5.91 Å². The lowest BCUT2D eigenvalue weighted by atomic mass is 9.64. The first kappa shape index (κ1) is 25.6. The average molecular weight is 556 g/mol. The quantitative estimate of drug-likeness (QED) is 0.213. The van der Waals surface area contributed by atoms with Crippen molar-refractivity contribution < 1.29 is 23.9 Å². The lowest BCUT2D eigenvalue weighted by Crippen LogP contribution is -2.51. The van der Waals surface area contributed by atoms with Crippen molar-refractivity contribution in [3.05, 3.63) is 126 Å². The summed E-state index contributed by atoms with van der Waals surface area (Å²) in [7, 11) is 0. The van der Waals surface area contributed by atoms with Gasteiger partial charge in [-0.3, -0.25) is 24.2 Å². The molecule has 1 amide bonds. The third kappa shape index (κ3) is 3.65. The Labute approximate surface area is 241 Å². The third-order valence-corrected chi connectivity index (χ3v) is 8.46. The molecular weight excluding hydrogens is 530 g/mol. The number of hydrogen-bond acceptors (Lipinski definition) is 7. The summed E-state index contributed by atoms with van der Waals surface area (Å²) in [4.78, 5) is 61.2. The minimum absolute atomic E-state index is 0.305. The molecule has 1 saturated heterocycles. The molecule has 0 radical (unpaired) electrons. The van der Waals surface area contributed by atoms with Gasteiger partial charge in [0.25, 0.3) is 0 Å². The molecule has 4 heterocycles. The maximum Gasteiger partial charge on any atom is 0.308 e. The highest BCUT2D eigenvalue weighted by Crippen LogP contribution is 2.58. The molecule has 1 spiro atoms. The summed E-state index contributed by atoms with van der Waals surface area (Å²) in [5.41, 5.74) is 2.27. The summed E-state index contributed by atoms with van der Waals surface area (Å²) in [5, 5.41) is 3.02. The van der Waals surface area contributed by atoms with Gasteiger partial charge in [-0.15, -0.1) is 0 Å². The summed E-state index contributed by atoms with van der Waals surface area (Å²) in [6, 6.07) is 22.9. The molecule has 0 aliphatic carbocycles. The molecule has 7 rings (SSSR count). The zero-order chi connectivity index (χ0) is 29.0. The van der Waals surface area contributed by atoms with Gasteiger partial charge in [0, 0.05) is 41.8 Å². The SMILES string of the molecule is CC(=O)Oc1ccc(C(=O)[C@@H]2[C@H](C(=O)c3ccncc3)[C@@]3(C(=O)Nc4ccccc43)[C@H]3C=Cc4ccccc4N23)cc1. The van der Waals surface area contributed by atoms with E-state index in [1.807, 2.05) is 65.6 Å². The van der Waals surface area contributed by atoms with Crippen molar-refractivity contribution >= 4 is 40.9 Å². The molecule has 206 valence electrons. The number of hydrogen-bond donors (Lipinski definition) is 1. The molecule has 1 aromatic heterocycles. The fourth-order valence-electron chi connectivity index (χ4n) is 6.84. The molecule has 4 aromatic rings. The number of carbonyl (C=O) groups excluding carboxylic acids is 4. The van der Waals surface area contributed by atoms with Gasteiger partial charge in [-0.25, -0.2) is 0 Å². The second-order valence-electron chi connectivity index (χ2n) is 10.6. The predicted octanol–water partition coefficient (Wildman–Crippen LogP) is 4.86. The van der Waals surface area contributed by atoms with Crippen LogP contribution >= 0.6 is 0 Å². The molecule has 42 heavy (non-hydrogen) atoms. The van der Waals surface area contributed by atoms with Gasteiger partial charge in [-0.2, -0.15) is 0 Å². The van der Waals surface area contributed by atoms with Crippen LogP contribution in [0.2, 0.25) is 0 Å². The minimum atomic E-state index is -1.39. The number of amides is 1. The highest BCUT2D eigenvalue weighted by molar-refractivity contribution is 6.18. The Morgan fingerprint density at radius 1 is 0.857 bits per heavy atom. The lowest BCUT2D eigenvalue weighted by molar-refractivity contribution is -0.131. The van der Waals surface area contributed by atoms with Crippen molar-refractivity contribution in [3.63, 3.8) is 0 Å². The van der Waals surface area contributed by atoms with Gasteiger partial charge in [-0.1, -0.05) is 48.6 Å². The van der Waals surface area contributed by atoms with Crippen LogP contribution in [0.3, 0.4) is 0 Å². The van der Waals surface area contributed by atoms with Crippen LogP contribution in [0.1, 0.15) is 38.8 Å². The number of para-hydroxylation sites is 2. The Morgan fingerprint density at radius 3 is 2.31 bits per heavy atom.